The highest BCUT2D eigenvalue weighted by Gasteiger charge is 2.23. The number of halogens is 1. The monoisotopic (exact) mass is 301 g/mol. The Morgan fingerprint density at radius 2 is 2.00 bits per heavy atom. The molecule has 3 rings (SSSR count). The SMILES string of the molecule is CC1CCCC1CNc1cc(Cl)nc(-c2ccccc2)n1. The third-order valence-electron chi connectivity index (χ3n) is 4.31. The Hall–Kier alpha value is -1.61. The molecule has 1 aliphatic rings. The number of hydrogen-bond acceptors (Lipinski definition) is 3. The van der Waals surface area contributed by atoms with Gasteiger partial charge in [-0.15, -0.1) is 0 Å². The van der Waals surface area contributed by atoms with E-state index in [-0.39, 0.29) is 0 Å². The number of benzene rings is 1. The van der Waals surface area contributed by atoms with Crippen LogP contribution in [0.3, 0.4) is 0 Å². The number of nitrogens with one attached hydrogen (secondary N) is 1. The van der Waals surface area contributed by atoms with Gasteiger partial charge in [0.1, 0.15) is 11.0 Å². The summed E-state index contributed by atoms with van der Waals surface area (Å²) in [6.07, 6.45) is 3.98. The minimum Gasteiger partial charge on any atom is -0.370 e. The van der Waals surface area contributed by atoms with Gasteiger partial charge >= 0.3 is 0 Å². The first-order valence-corrected chi connectivity index (χ1v) is 7.94. The number of rotatable bonds is 4. The summed E-state index contributed by atoms with van der Waals surface area (Å²) in [5.74, 6) is 3.01. The van der Waals surface area contributed by atoms with Gasteiger partial charge in [0.15, 0.2) is 5.82 Å². The van der Waals surface area contributed by atoms with Crippen LogP contribution in [0.2, 0.25) is 5.15 Å². The van der Waals surface area contributed by atoms with E-state index in [2.05, 4.69) is 22.2 Å². The lowest BCUT2D eigenvalue weighted by molar-refractivity contribution is 0.439. The van der Waals surface area contributed by atoms with Gasteiger partial charge in [-0.25, -0.2) is 9.97 Å². The second kappa shape index (κ2) is 6.44. The van der Waals surface area contributed by atoms with E-state index in [1.165, 1.54) is 19.3 Å². The first kappa shape index (κ1) is 14.3. The van der Waals surface area contributed by atoms with Crippen LogP contribution < -0.4 is 5.32 Å². The molecule has 1 fully saturated rings. The van der Waals surface area contributed by atoms with Crippen LogP contribution in [0.1, 0.15) is 26.2 Å². The molecule has 0 saturated heterocycles. The molecule has 2 unspecified atom stereocenters. The highest BCUT2D eigenvalue weighted by atomic mass is 35.5. The maximum Gasteiger partial charge on any atom is 0.163 e. The molecule has 1 heterocycles. The van der Waals surface area contributed by atoms with Gasteiger partial charge in [-0.05, 0) is 18.3 Å². The quantitative estimate of drug-likeness (QED) is 0.836. The van der Waals surface area contributed by atoms with E-state index >= 15 is 0 Å². The van der Waals surface area contributed by atoms with E-state index in [0.717, 1.165) is 29.8 Å². The van der Waals surface area contributed by atoms with Crippen LogP contribution in [-0.2, 0) is 0 Å². The van der Waals surface area contributed by atoms with Gasteiger partial charge in [0, 0.05) is 18.2 Å². The van der Waals surface area contributed by atoms with Crippen molar-refractivity contribution in [1.82, 2.24) is 9.97 Å². The minimum absolute atomic E-state index is 0.478. The minimum atomic E-state index is 0.478. The van der Waals surface area contributed by atoms with E-state index in [9.17, 15) is 0 Å². The van der Waals surface area contributed by atoms with Crippen LogP contribution in [-0.4, -0.2) is 16.5 Å². The second-order valence-electron chi connectivity index (χ2n) is 5.81. The summed E-state index contributed by atoms with van der Waals surface area (Å²) in [5.41, 5.74) is 0.984. The normalized spacial score (nSPS) is 21.4. The van der Waals surface area contributed by atoms with Crippen LogP contribution in [0.5, 0.6) is 0 Å². The molecule has 1 aromatic heterocycles. The summed E-state index contributed by atoms with van der Waals surface area (Å²) in [6.45, 7) is 3.30. The van der Waals surface area contributed by atoms with E-state index in [0.29, 0.717) is 11.0 Å². The summed E-state index contributed by atoms with van der Waals surface area (Å²) in [6, 6.07) is 11.7. The van der Waals surface area contributed by atoms with Crippen molar-refractivity contribution >= 4 is 17.4 Å². The first-order chi connectivity index (χ1) is 10.2. The zero-order valence-electron chi connectivity index (χ0n) is 12.2. The number of aromatic nitrogens is 2. The Balaban J connectivity index is 1.75. The van der Waals surface area contributed by atoms with Gasteiger partial charge in [0.2, 0.25) is 0 Å². The Bertz CT molecular complexity index is 600. The summed E-state index contributed by atoms with van der Waals surface area (Å²) >= 11 is 6.13. The average molecular weight is 302 g/mol. The molecule has 0 radical (unpaired) electrons. The Morgan fingerprint density at radius 3 is 2.71 bits per heavy atom. The highest BCUT2D eigenvalue weighted by Crippen LogP contribution is 2.31. The largest absolute Gasteiger partial charge is 0.370 e. The summed E-state index contributed by atoms with van der Waals surface area (Å²) in [7, 11) is 0. The van der Waals surface area contributed by atoms with E-state index in [1.807, 2.05) is 30.3 Å². The van der Waals surface area contributed by atoms with E-state index in [4.69, 9.17) is 11.6 Å². The summed E-state index contributed by atoms with van der Waals surface area (Å²) in [5, 5.41) is 3.91. The van der Waals surface area contributed by atoms with Crippen molar-refractivity contribution in [3.8, 4) is 11.4 Å². The maximum absolute atomic E-state index is 6.13. The maximum atomic E-state index is 6.13. The lowest BCUT2D eigenvalue weighted by Gasteiger charge is -2.16. The van der Waals surface area contributed by atoms with Crippen LogP contribution >= 0.6 is 11.6 Å². The standard InChI is InChI=1S/C17H20ClN3/c1-12-6-5-9-14(12)11-19-16-10-15(18)20-17(21-16)13-7-3-2-4-8-13/h2-4,7-8,10,12,14H,5-6,9,11H2,1H3,(H,19,20,21). The predicted octanol–water partition coefficient (Wildman–Crippen LogP) is 4.65. The van der Waals surface area contributed by atoms with Gasteiger partial charge in [0.05, 0.1) is 0 Å². The Kier molecular flexibility index (Phi) is 4.39. The summed E-state index contributed by atoms with van der Waals surface area (Å²) in [4.78, 5) is 8.90. The van der Waals surface area contributed by atoms with Gasteiger partial charge in [-0.2, -0.15) is 0 Å². The van der Waals surface area contributed by atoms with Crippen molar-refractivity contribution in [2.75, 3.05) is 11.9 Å². The number of anilines is 1. The van der Waals surface area contributed by atoms with Crippen molar-refractivity contribution in [1.29, 1.82) is 0 Å². The predicted molar refractivity (Wildman–Crippen MR) is 87.5 cm³/mol. The highest BCUT2D eigenvalue weighted by molar-refractivity contribution is 6.29. The van der Waals surface area contributed by atoms with Crippen molar-refractivity contribution in [3.05, 3.63) is 41.6 Å². The van der Waals surface area contributed by atoms with Gasteiger partial charge in [0.25, 0.3) is 0 Å². The van der Waals surface area contributed by atoms with Gasteiger partial charge < -0.3 is 5.32 Å². The second-order valence-corrected chi connectivity index (χ2v) is 6.20. The number of nitrogens with zero attached hydrogens (tertiary/aromatic N) is 2. The lowest BCUT2D eigenvalue weighted by atomic mass is 9.98. The smallest absolute Gasteiger partial charge is 0.163 e. The topological polar surface area (TPSA) is 37.8 Å². The average Bonchev–Trinajstić information content (AvgIpc) is 2.91. The molecule has 0 bridgehead atoms. The summed E-state index contributed by atoms with van der Waals surface area (Å²) < 4.78 is 0. The third kappa shape index (κ3) is 3.53. The molecule has 1 aliphatic carbocycles. The molecule has 0 aliphatic heterocycles. The molecular weight excluding hydrogens is 282 g/mol. The zero-order valence-corrected chi connectivity index (χ0v) is 13.0. The van der Waals surface area contributed by atoms with Crippen LogP contribution in [0, 0.1) is 11.8 Å². The fourth-order valence-electron chi connectivity index (χ4n) is 2.99. The van der Waals surface area contributed by atoms with Gasteiger partial charge in [-0.1, -0.05) is 61.7 Å². The fourth-order valence-corrected chi connectivity index (χ4v) is 3.17. The zero-order chi connectivity index (χ0) is 14.7. The van der Waals surface area contributed by atoms with Crippen molar-refractivity contribution in [2.24, 2.45) is 11.8 Å². The molecule has 2 aromatic rings. The third-order valence-corrected chi connectivity index (χ3v) is 4.50. The van der Waals surface area contributed by atoms with Gasteiger partial charge in [-0.3, -0.25) is 0 Å². The molecule has 0 amide bonds. The van der Waals surface area contributed by atoms with E-state index < -0.39 is 0 Å². The molecule has 0 spiro atoms. The Labute approximate surface area is 130 Å². The molecule has 1 N–H and O–H groups in total. The van der Waals surface area contributed by atoms with E-state index in [1.54, 1.807) is 6.07 Å². The van der Waals surface area contributed by atoms with Crippen molar-refractivity contribution < 1.29 is 0 Å². The molecule has 2 atom stereocenters. The van der Waals surface area contributed by atoms with Crippen LogP contribution in [0.4, 0.5) is 5.82 Å². The molecule has 1 aromatic carbocycles. The van der Waals surface area contributed by atoms with Crippen molar-refractivity contribution in [3.63, 3.8) is 0 Å². The first-order valence-electron chi connectivity index (χ1n) is 7.56. The lowest BCUT2D eigenvalue weighted by Crippen LogP contribution is -2.17. The Morgan fingerprint density at radius 1 is 1.19 bits per heavy atom. The number of hydrogen-bond donors (Lipinski definition) is 1. The molecule has 110 valence electrons. The molecule has 21 heavy (non-hydrogen) atoms. The molecule has 3 nitrogen and oxygen atoms in total. The molecular formula is C17H20ClN3. The van der Waals surface area contributed by atoms with Crippen LogP contribution in [0.25, 0.3) is 11.4 Å². The van der Waals surface area contributed by atoms with Crippen LogP contribution in [0.15, 0.2) is 36.4 Å². The molecule has 1 saturated carbocycles. The van der Waals surface area contributed by atoms with Crippen molar-refractivity contribution in [2.45, 2.75) is 26.2 Å². The molecule has 4 heteroatoms. The fraction of sp³-hybridized carbons (Fsp3) is 0.412.